The van der Waals surface area contributed by atoms with E-state index in [0.29, 0.717) is 23.2 Å². The third-order valence-corrected chi connectivity index (χ3v) is 6.06. The van der Waals surface area contributed by atoms with Gasteiger partial charge in [-0.1, -0.05) is 0 Å². The summed E-state index contributed by atoms with van der Waals surface area (Å²) in [5, 5.41) is 0. The Bertz CT molecular complexity index is 1130. The Morgan fingerprint density at radius 1 is 1.17 bits per heavy atom. The highest BCUT2D eigenvalue weighted by Gasteiger charge is 2.31. The first-order valence-electron chi connectivity index (χ1n) is 7.29. The maximum absolute atomic E-state index is 13.3. The monoisotopic (exact) mass is 348 g/mol. The molecule has 0 saturated carbocycles. The van der Waals surface area contributed by atoms with Gasteiger partial charge in [-0.05, 0) is 42.3 Å². The van der Waals surface area contributed by atoms with Gasteiger partial charge in [-0.3, -0.25) is 8.87 Å². The van der Waals surface area contributed by atoms with E-state index in [0.717, 1.165) is 0 Å². The van der Waals surface area contributed by atoms with Crippen LogP contribution in [0.15, 0.2) is 50.5 Å². The zero-order chi connectivity index (χ0) is 17.1. The quantitative estimate of drug-likeness (QED) is 0.710. The van der Waals surface area contributed by atoms with Crippen LogP contribution in [0.3, 0.4) is 0 Å². The first-order valence-corrected chi connectivity index (χ1v) is 8.73. The van der Waals surface area contributed by atoms with E-state index in [9.17, 15) is 17.6 Å². The molecule has 1 aliphatic heterocycles. The Morgan fingerprint density at radius 2 is 1.96 bits per heavy atom. The lowest BCUT2D eigenvalue weighted by Crippen LogP contribution is -2.29. The molecule has 124 valence electrons. The molecule has 1 aromatic heterocycles. The van der Waals surface area contributed by atoms with Crippen molar-refractivity contribution in [1.29, 1.82) is 0 Å². The van der Waals surface area contributed by atoms with Gasteiger partial charge in [0.2, 0.25) is 0 Å². The van der Waals surface area contributed by atoms with Crippen LogP contribution in [0.2, 0.25) is 0 Å². The number of nitrogens with zero attached hydrogens (tertiary/aromatic N) is 2. The summed E-state index contributed by atoms with van der Waals surface area (Å²) in [6.45, 7) is 0.248. The molecule has 0 spiro atoms. The Labute approximate surface area is 136 Å². The van der Waals surface area contributed by atoms with Gasteiger partial charge in [0.05, 0.1) is 16.1 Å². The summed E-state index contributed by atoms with van der Waals surface area (Å²) in [5.41, 5.74) is 1.86. The number of fused-ring (bicyclic) bond motifs is 2. The Morgan fingerprint density at radius 3 is 2.75 bits per heavy atom. The molecular weight excluding hydrogens is 335 g/mol. The minimum Gasteiger partial charge on any atom is -0.408 e. The van der Waals surface area contributed by atoms with E-state index in [2.05, 4.69) is 0 Å². The number of hydrogen-bond acceptors (Lipinski definition) is 4. The summed E-state index contributed by atoms with van der Waals surface area (Å²) in [5.74, 6) is -0.943. The SMILES string of the molecule is Cn1c(=O)oc2cc(S(=O)(=O)N3CCc4cc(F)ccc43)ccc21. The van der Waals surface area contributed by atoms with Crippen LogP contribution in [0, 0.1) is 5.82 Å². The third-order valence-electron chi connectivity index (χ3n) is 4.25. The summed E-state index contributed by atoms with van der Waals surface area (Å²) in [4.78, 5) is 11.6. The lowest BCUT2D eigenvalue weighted by atomic mass is 10.2. The fourth-order valence-electron chi connectivity index (χ4n) is 2.99. The second-order valence-electron chi connectivity index (χ2n) is 5.66. The average molecular weight is 348 g/mol. The summed E-state index contributed by atoms with van der Waals surface area (Å²) in [6, 6.07) is 8.38. The van der Waals surface area contributed by atoms with Gasteiger partial charge in [0.15, 0.2) is 5.58 Å². The average Bonchev–Trinajstić information content (AvgIpc) is 3.08. The number of aromatic nitrogens is 1. The summed E-state index contributed by atoms with van der Waals surface area (Å²) in [6.07, 6.45) is 0.453. The first-order chi connectivity index (χ1) is 11.4. The predicted molar refractivity (Wildman–Crippen MR) is 86.1 cm³/mol. The second kappa shape index (κ2) is 4.94. The minimum atomic E-state index is -3.82. The van der Waals surface area contributed by atoms with E-state index < -0.39 is 15.8 Å². The molecule has 2 aromatic carbocycles. The van der Waals surface area contributed by atoms with Crippen LogP contribution in [-0.4, -0.2) is 19.5 Å². The predicted octanol–water partition coefficient (Wildman–Crippen LogP) is 2.02. The molecule has 4 rings (SSSR count). The van der Waals surface area contributed by atoms with Gasteiger partial charge in [0, 0.05) is 19.7 Å². The van der Waals surface area contributed by atoms with Gasteiger partial charge >= 0.3 is 5.76 Å². The molecule has 2 heterocycles. The van der Waals surface area contributed by atoms with Crippen molar-refractivity contribution in [3.05, 3.63) is 58.3 Å². The van der Waals surface area contributed by atoms with Gasteiger partial charge < -0.3 is 4.42 Å². The number of anilines is 1. The van der Waals surface area contributed by atoms with E-state index in [4.69, 9.17) is 4.42 Å². The minimum absolute atomic E-state index is 0.0292. The van der Waals surface area contributed by atoms with Crippen LogP contribution in [0.1, 0.15) is 5.56 Å². The molecule has 24 heavy (non-hydrogen) atoms. The fraction of sp³-hybridized carbons (Fsp3) is 0.188. The maximum Gasteiger partial charge on any atom is 0.419 e. The summed E-state index contributed by atoms with van der Waals surface area (Å²) in [7, 11) is -2.27. The second-order valence-corrected chi connectivity index (χ2v) is 7.52. The van der Waals surface area contributed by atoms with Crippen LogP contribution in [0.5, 0.6) is 0 Å². The molecule has 0 amide bonds. The Hall–Kier alpha value is -2.61. The van der Waals surface area contributed by atoms with Crippen LogP contribution in [0.25, 0.3) is 11.1 Å². The van der Waals surface area contributed by atoms with E-state index in [1.165, 1.54) is 45.3 Å². The molecule has 0 aliphatic carbocycles. The fourth-order valence-corrected chi connectivity index (χ4v) is 4.51. The molecule has 6 nitrogen and oxygen atoms in total. The van der Waals surface area contributed by atoms with Crippen molar-refractivity contribution in [1.82, 2.24) is 4.57 Å². The topological polar surface area (TPSA) is 72.5 Å². The molecule has 0 unspecified atom stereocenters. The number of aryl methyl sites for hydroxylation is 1. The summed E-state index contributed by atoms with van der Waals surface area (Å²) < 4.78 is 46.8. The highest BCUT2D eigenvalue weighted by atomic mass is 32.2. The number of sulfonamides is 1. The van der Waals surface area contributed by atoms with E-state index in [1.807, 2.05) is 0 Å². The number of rotatable bonds is 2. The van der Waals surface area contributed by atoms with Crippen molar-refractivity contribution >= 4 is 26.8 Å². The van der Waals surface area contributed by atoms with Gasteiger partial charge in [0.1, 0.15) is 5.82 Å². The normalized spacial score (nSPS) is 14.3. The van der Waals surface area contributed by atoms with Crippen LogP contribution in [-0.2, 0) is 23.5 Å². The van der Waals surface area contributed by atoms with Crippen molar-refractivity contribution in [2.45, 2.75) is 11.3 Å². The van der Waals surface area contributed by atoms with Crippen LogP contribution >= 0.6 is 0 Å². The number of benzene rings is 2. The standard InChI is InChI=1S/C16H13FN2O4S/c1-18-14-5-3-12(9-15(14)23-16(18)20)24(21,22)19-7-6-10-8-11(17)2-4-13(10)19/h2-5,8-9H,6-7H2,1H3. The maximum atomic E-state index is 13.3. The smallest absolute Gasteiger partial charge is 0.408 e. The molecule has 0 radical (unpaired) electrons. The molecule has 1 aliphatic rings. The highest BCUT2D eigenvalue weighted by molar-refractivity contribution is 7.92. The largest absolute Gasteiger partial charge is 0.419 e. The van der Waals surface area contributed by atoms with E-state index in [1.54, 1.807) is 7.05 Å². The molecular formula is C16H13FN2O4S. The third kappa shape index (κ3) is 2.06. The number of hydrogen-bond donors (Lipinski definition) is 0. The first kappa shape index (κ1) is 14.9. The van der Waals surface area contributed by atoms with Crippen LogP contribution in [0.4, 0.5) is 10.1 Å². The van der Waals surface area contributed by atoms with E-state index >= 15 is 0 Å². The van der Waals surface area contributed by atoms with Crippen molar-refractivity contribution in [3.63, 3.8) is 0 Å². The van der Waals surface area contributed by atoms with Gasteiger partial charge in [-0.15, -0.1) is 0 Å². The molecule has 0 fully saturated rings. The van der Waals surface area contributed by atoms with Gasteiger partial charge in [0.25, 0.3) is 10.0 Å². The van der Waals surface area contributed by atoms with Crippen molar-refractivity contribution in [3.8, 4) is 0 Å². The Balaban J connectivity index is 1.83. The zero-order valence-electron chi connectivity index (χ0n) is 12.7. The van der Waals surface area contributed by atoms with Crippen LogP contribution < -0.4 is 10.1 Å². The number of halogens is 1. The van der Waals surface area contributed by atoms with Crippen molar-refractivity contribution < 1.29 is 17.2 Å². The van der Waals surface area contributed by atoms with Crippen molar-refractivity contribution in [2.24, 2.45) is 7.05 Å². The number of oxazole rings is 1. The lowest BCUT2D eigenvalue weighted by Gasteiger charge is -2.19. The molecule has 0 bridgehead atoms. The van der Waals surface area contributed by atoms with Crippen molar-refractivity contribution in [2.75, 3.05) is 10.8 Å². The molecule has 3 aromatic rings. The molecule has 0 atom stereocenters. The van der Waals surface area contributed by atoms with Gasteiger partial charge in [-0.2, -0.15) is 0 Å². The zero-order valence-corrected chi connectivity index (χ0v) is 13.5. The molecule has 0 saturated heterocycles. The Kier molecular flexibility index (Phi) is 3.08. The van der Waals surface area contributed by atoms with E-state index in [-0.39, 0.29) is 22.8 Å². The molecule has 8 heteroatoms. The lowest BCUT2D eigenvalue weighted by molar-refractivity contribution is 0.527. The molecule has 0 N–H and O–H groups in total. The summed E-state index contributed by atoms with van der Waals surface area (Å²) >= 11 is 0. The van der Waals surface area contributed by atoms with Gasteiger partial charge in [-0.25, -0.2) is 17.6 Å². The highest BCUT2D eigenvalue weighted by Crippen LogP contribution is 2.33.